The molecule has 0 atom stereocenters. The van der Waals surface area contributed by atoms with E-state index < -0.39 is 0 Å². The van der Waals surface area contributed by atoms with Gasteiger partial charge in [0.1, 0.15) is 12.1 Å². The highest BCUT2D eigenvalue weighted by molar-refractivity contribution is 5.94. The average molecular weight is 347 g/mol. The zero-order valence-corrected chi connectivity index (χ0v) is 14.7. The van der Waals surface area contributed by atoms with Crippen molar-refractivity contribution < 1.29 is 4.79 Å². The third-order valence-electron chi connectivity index (χ3n) is 5.08. The molecule has 0 aliphatic carbocycles. The van der Waals surface area contributed by atoms with Gasteiger partial charge < -0.3 is 9.80 Å². The minimum absolute atomic E-state index is 0.0540. The first kappa shape index (κ1) is 16.4. The number of anilines is 1. The van der Waals surface area contributed by atoms with Gasteiger partial charge in [-0.1, -0.05) is 12.1 Å². The second-order valence-corrected chi connectivity index (χ2v) is 6.58. The molecular weight excluding hydrogens is 326 g/mol. The lowest BCUT2D eigenvalue weighted by atomic mass is 10.0. The largest absolute Gasteiger partial charge is 0.356 e. The lowest BCUT2D eigenvalue weighted by molar-refractivity contribution is 0.0709. The highest BCUT2D eigenvalue weighted by Gasteiger charge is 2.27. The molecule has 6 nitrogen and oxygen atoms in total. The molecule has 4 rings (SSSR count). The maximum Gasteiger partial charge on any atom is 0.253 e. The van der Waals surface area contributed by atoms with Gasteiger partial charge in [0.25, 0.3) is 5.91 Å². The van der Waals surface area contributed by atoms with Crippen LogP contribution >= 0.6 is 0 Å². The summed E-state index contributed by atoms with van der Waals surface area (Å²) >= 11 is 0. The zero-order valence-electron chi connectivity index (χ0n) is 14.7. The summed E-state index contributed by atoms with van der Waals surface area (Å²) in [5.74, 6) is 1.04. The van der Waals surface area contributed by atoms with Crippen molar-refractivity contribution in [2.75, 3.05) is 25.0 Å². The molecule has 26 heavy (non-hydrogen) atoms. The Kier molecular flexibility index (Phi) is 4.48. The third-order valence-corrected chi connectivity index (χ3v) is 5.08. The predicted octanol–water partition coefficient (Wildman–Crippen LogP) is 2.77. The molecule has 2 aromatic heterocycles. The summed E-state index contributed by atoms with van der Waals surface area (Å²) in [7, 11) is 1.89. The van der Waals surface area contributed by atoms with Crippen LogP contribution in [0.25, 0.3) is 10.9 Å². The van der Waals surface area contributed by atoms with Crippen LogP contribution in [0.5, 0.6) is 0 Å². The van der Waals surface area contributed by atoms with Crippen molar-refractivity contribution in [3.63, 3.8) is 0 Å². The summed E-state index contributed by atoms with van der Waals surface area (Å²) in [4.78, 5) is 29.6. The normalized spacial score (nSPS) is 15.2. The van der Waals surface area contributed by atoms with Crippen LogP contribution in [0.2, 0.25) is 0 Å². The Morgan fingerprint density at radius 2 is 1.81 bits per heavy atom. The number of carbonyl (C=O) groups excluding carboxylic acids is 1. The minimum atomic E-state index is 0.0540. The summed E-state index contributed by atoms with van der Waals surface area (Å²) in [5, 5.41) is 1.08. The Bertz CT molecular complexity index is 901. The molecule has 1 aliphatic rings. The number of hydrogen-bond acceptors (Lipinski definition) is 5. The Balaban J connectivity index is 1.46. The summed E-state index contributed by atoms with van der Waals surface area (Å²) in [6.07, 6.45) is 6.79. The first-order valence-corrected chi connectivity index (χ1v) is 8.86. The van der Waals surface area contributed by atoms with Crippen molar-refractivity contribution in [2.45, 2.75) is 18.9 Å². The van der Waals surface area contributed by atoms with Crippen molar-refractivity contribution in [2.24, 2.45) is 0 Å². The van der Waals surface area contributed by atoms with Gasteiger partial charge in [0.15, 0.2) is 0 Å². The van der Waals surface area contributed by atoms with E-state index >= 15 is 0 Å². The van der Waals surface area contributed by atoms with Gasteiger partial charge in [-0.3, -0.25) is 9.78 Å². The topological polar surface area (TPSA) is 62.2 Å². The van der Waals surface area contributed by atoms with Gasteiger partial charge in [-0.15, -0.1) is 0 Å². The molecule has 1 aromatic carbocycles. The van der Waals surface area contributed by atoms with Crippen molar-refractivity contribution in [1.29, 1.82) is 0 Å². The minimum Gasteiger partial charge on any atom is -0.356 e. The smallest absolute Gasteiger partial charge is 0.253 e. The Labute approximate surface area is 152 Å². The third kappa shape index (κ3) is 3.10. The van der Waals surface area contributed by atoms with Crippen LogP contribution in [0, 0.1) is 0 Å². The molecular formula is C20H21N5O. The van der Waals surface area contributed by atoms with Gasteiger partial charge in [0.05, 0.1) is 5.52 Å². The van der Waals surface area contributed by atoms with E-state index in [2.05, 4.69) is 25.9 Å². The number of aromatic nitrogens is 3. The van der Waals surface area contributed by atoms with E-state index in [-0.39, 0.29) is 11.9 Å². The lowest BCUT2D eigenvalue weighted by Crippen LogP contribution is -2.46. The van der Waals surface area contributed by atoms with Gasteiger partial charge >= 0.3 is 0 Å². The zero-order chi connectivity index (χ0) is 17.9. The summed E-state index contributed by atoms with van der Waals surface area (Å²) in [6, 6.07) is 11.8. The average Bonchev–Trinajstić information content (AvgIpc) is 2.73. The Morgan fingerprint density at radius 1 is 1.08 bits per heavy atom. The number of nitrogens with zero attached hydrogens (tertiary/aromatic N) is 5. The summed E-state index contributed by atoms with van der Waals surface area (Å²) in [6.45, 7) is 1.75. The molecule has 3 aromatic rings. The van der Waals surface area contributed by atoms with E-state index in [0.717, 1.165) is 42.7 Å². The van der Waals surface area contributed by atoms with Crippen LogP contribution in [0.4, 0.5) is 5.82 Å². The number of piperidine rings is 1. The number of amides is 1. The first-order chi connectivity index (χ1) is 12.7. The standard InChI is InChI=1S/C20H21N5O/c1-24(20(26)15-6-10-21-11-7-15)16-8-12-25(13-9-16)19-17-4-2-3-5-18(17)22-14-23-19/h2-7,10-11,14,16H,8-9,12-13H2,1H3. The Morgan fingerprint density at radius 3 is 2.58 bits per heavy atom. The molecule has 0 unspecified atom stereocenters. The molecule has 1 fully saturated rings. The molecule has 0 N–H and O–H groups in total. The van der Waals surface area contributed by atoms with Crippen LogP contribution in [0.3, 0.4) is 0 Å². The molecule has 0 bridgehead atoms. The molecule has 1 aliphatic heterocycles. The van der Waals surface area contributed by atoms with Gasteiger partial charge in [-0.2, -0.15) is 0 Å². The molecule has 1 amide bonds. The highest BCUT2D eigenvalue weighted by atomic mass is 16.2. The molecule has 6 heteroatoms. The van der Waals surface area contributed by atoms with Crippen molar-refractivity contribution in [1.82, 2.24) is 19.9 Å². The van der Waals surface area contributed by atoms with E-state index in [1.54, 1.807) is 30.9 Å². The van der Waals surface area contributed by atoms with Gasteiger partial charge in [0.2, 0.25) is 0 Å². The fourth-order valence-corrected chi connectivity index (χ4v) is 3.57. The SMILES string of the molecule is CN(C(=O)c1ccncc1)C1CCN(c2ncnc3ccccc23)CC1. The maximum absolute atomic E-state index is 12.6. The molecule has 132 valence electrons. The van der Waals surface area contributed by atoms with Crippen LogP contribution < -0.4 is 4.90 Å². The number of pyridine rings is 1. The number of benzene rings is 1. The van der Waals surface area contributed by atoms with E-state index in [9.17, 15) is 4.79 Å². The molecule has 0 radical (unpaired) electrons. The lowest BCUT2D eigenvalue weighted by Gasteiger charge is -2.37. The van der Waals surface area contributed by atoms with E-state index in [1.165, 1.54) is 0 Å². The van der Waals surface area contributed by atoms with Gasteiger partial charge in [-0.05, 0) is 37.1 Å². The van der Waals surface area contributed by atoms with Crippen molar-refractivity contribution >= 4 is 22.6 Å². The molecule has 0 spiro atoms. The van der Waals surface area contributed by atoms with Crippen LogP contribution in [0.15, 0.2) is 55.1 Å². The highest BCUT2D eigenvalue weighted by Crippen LogP contribution is 2.26. The van der Waals surface area contributed by atoms with Gasteiger partial charge in [-0.25, -0.2) is 9.97 Å². The number of carbonyl (C=O) groups is 1. The maximum atomic E-state index is 12.6. The second kappa shape index (κ2) is 7.07. The first-order valence-electron chi connectivity index (χ1n) is 8.86. The van der Waals surface area contributed by atoms with E-state index in [4.69, 9.17) is 0 Å². The quantitative estimate of drug-likeness (QED) is 0.729. The monoisotopic (exact) mass is 347 g/mol. The Hall–Kier alpha value is -3.02. The van der Waals surface area contributed by atoms with Crippen LogP contribution in [-0.4, -0.2) is 51.9 Å². The van der Waals surface area contributed by atoms with Crippen molar-refractivity contribution in [3.05, 3.63) is 60.7 Å². The number of fused-ring (bicyclic) bond motifs is 1. The molecule has 3 heterocycles. The second-order valence-electron chi connectivity index (χ2n) is 6.58. The fourth-order valence-electron chi connectivity index (χ4n) is 3.57. The van der Waals surface area contributed by atoms with Gasteiger partial charge in [0, 0.05) is 49.5 Å². The number of rotatable bonds is 3. The number of hydrogen-bond donors (Lipinski definition) is 0. The van der Waals surface area contributed by atoms with Crippen LogP contribution in [0.1, 0.15) is 23.2 Å². The number of para-hydroxylation sites is 1. The summed E-state index contributed by atoms with van der Waals surface area (Å²) in [5.41, 5.74) is 1.65. The molecule has 0 saturated carbocycles. The van der Waals surface area contributed by atoms with E-state index in [0.29, 0.717) is 5.56 Å². The molecule has 1 saturated heterocycles. The van der Waals surface area contributed by atoms with Crippen LogP contribution in [-0.2, 0) is 0 Å². The van der Waals surface area contributed by atoms with E-state index in [1.807, 2.05) is 30.1 Å². The summed E-state index contributed by atoms with van der Waals surface area (Å²) < 4.78 is 0. The predicted molar refractivity (Wildman–Crippen MR) is 101 cm³/mol. The van der Waals surface area contributed by atoms with Crippen molar-refractivity contribution in [3.8, 4) is 0 Å². The fraction of sp³-hybridized carbons (Fsp3) is 0.300.